The van der Waals surface area contributed by atoms with E-state index in [2.05, 4.69) is 61.5 Å². The Morgan fingerprint density at radius 3 is 2.35 bits per heavy atom. The Hall–Kier alpha value is -2.15. The molecule has 0 radical (unpaired) electrons. The van der Waals surface area contributed by atoms with Crippen molar-refractivity contribution in [2.24, 2.45) is 0 Å². The minimum Gasteiger partial charge on any atom is -0.247 e. The first kappa shape index (κ1) is 11.7. The summed E-state index contributed by atoms with van der Waals surface area (Å²) in [5, 5.41) is 1.30. The fourth-order valence-electron chi connectivity index (χ4n) is 3.08. The number of nitrogens with zero attached hydrogens (tertiary/aromatic N) is 1. The van der Waals surface area contributed by atoms with Gasteiger partial charge in [0.15, 0.2) is 0 Å². The van der Waals surface area contributed by atoms with E-state index in [1.54, 1.807) is 0 Å². The summed E-state index contributed by atoms with van der Waals surface area (Å²) in [4.78, 5) is 4.97. The van der Waals surface area contributed by atoms with Crippen LogP contribution >= 0.6 is 0 Å². The monoisotopic (exact) mass is 259 g/mol. The van der Waals surface area contributed by atoms with Crippen LogP contribution in [0.2, 0.25) is 0 Å². The van der Waals surface area contributed by atoms with Crippen LogP contribution in [0.5, 0.6) is 0 Å². The van der Waals surface area contributed by atoms with Crippen LogP contribution < -0.4 is 0 Å². The molecule has 4 rings (SSSR count). The van der Waals surface area contributed by atoms with Gasteiger partial charge in [0.05, 0.1) is 11.2 Å². The number of aryl methyl sites for hydroxylation is 1. The van der Waals surface area contributed by atoms with Gasteiger partial charge in [-0.05, 0) is 42.9 Å². The first-order valence-corrected chi connectivity index (χ1v) is 7.29. The van der Waals surface area contributed by atoms with Crippen LogP contribution in [0.15, 0.2) is 54.6 Å². The average molecular weight is 259 g/mol. The van der Waals surface area contributed by atoms with Crippen LogP contribution in [0.1, 0.15) is 29.9 Å². The molecule has 0 aliphatic heterocycles. The highest BCUT2D eigenvalue weighted by molar-refractivity contribution is 5.87. The number of hydrogen-bond acceptors (Lipinski definition) is 1. The molecular weight excluding hydrogens is 242 g/mol. The van der Waals surface area contributed by atoms with Crippen LogP contribution in [0.25, 0.3) is 22.2 Å². The lowest BCUT2D eigenvalue weighted by atomic mass is 9.95. The van der Waals surface area contributed by atoms with E-state index in [9.17, 15) is 0 Å². The Bertz CT molecular complexity index is 770. The van der Waals surface area contributed by atoms with Crippen LogP contribution in [0.3, 0.4) is 0 Å². The third-order valence-corrected chi connectivity index (χ3v) is 4.23. The lowest BCUT2D eigenvalue weighted by Crippen LogP contribution is -1.97. The van der Waals surface area contributed by atoms with Crippen molar-refractivity contribution in [3.05, 3.63) is 65.7 Å². The van der Waals surface area contributed by atoms with E-state index in [0.717, 1.165) is 5.52 Å². The second-order valence-corrected chi connectivity index (χ2v) is 5.66. The Kier molecular flexibility index (Phi) is 2.59. The number of para-hydroxylation sites is 1. The number of pyridine rings is 1. The molecule has 1 aliphatic rings. The van der Waals surface area contributed by atoms with Gasteiger partial charge >= 0.3 is 0 Å². The summed E-state index contributed by atoms with van der Waals surface area (Å²) in [5.41, 5.74) is 6.41. The lowest BCUT2D eigenvalue weighted by molar-refractivity contribution is 1.09. The molecule has 0 atom stereocenters. The van der Waals surface area contributed by atoms with Crippen molar-refractivity contribution in [3.63, 3.8) is 0 Å². The zero-order valence-electron chi connectivity index (χ0n) is 11.6. The molecule has 0 amide bonds. The van der Waals surface area contributed by atoms with Crippen molar-refractivity contribution in [1.82, 2.24) is 4.98 Å². The smallest absolute Gasteiger partial charge is 0.0747 e. The lowest BCUT2D eigenvalue weighted by Gasteiger charge is -2.14. The Morgan fingerprint density at radius 1 is 0.900 bits per heavy atom. The summed E-state index contributed by atoms with van der Waals surface area (Å²) in [6, 6.07) is 19.1. The van der Waals surface area contributed by atoms with E-state index in [4.69, 9.17) is 4.98 Å². The molecule has 3 aromatic rings. The van der Waals surface area contributed by atoms with Crippen molar-refractivity contribution in [3.8, 4) is 11.3 Å². The molecule has 2 aromatic carbocycles. The SMILES string of the molecule is Cc1c(C2CC2)c(-c2ccccc2)nc2ccccc12. The summed E-state index contributed by atoms with van der Waals surface area (Å²) in [5.74, 6) is 0.710. The predicted octanol–water partition coefficient (Wildman–Crippen LogP) is 5.09. The maximum absolute atomic E-state index is 4.97. The standard InChI is InChI=1S/C19H17N/c1-13-16-9-5-6-10-17(16)20-19(18(13)14-11-12-14)15-7-3-2-4-8-15/h2-10,14H,11-12H2,1H3. The third kappa shape index (κ3) is 1.82. The molecule has 1 aliphatic carbocycles. The molecule has 0 bridgehead atoms. The van der Waals surface area contributed by atoms with Crippen molar-refractivity contribution in [1.29, 1.82) is 0 Å². The fourth-order valence-corrected chi connectivity index (χ4v) is 3.08. The summed E-state index contributed by atoms with van der Waals surface area (Å²) < 4.78 is 0. The Morgan fingerprint density at radius 2 is 1.60 bits per heavy atom. The van der Waals surface area contributed by atoms with Gasteiger partial charge in [0.2, 0.25) is 0 Å². The average Bonchev–Trinajstić information content (AvgIpc) is 3.33. The first-order chi connectivity index (χ1) is 9.84. The molecule has 1 heterocycles. The van der Waals surface area contributed by atoms with Gasteiger partial charge in [0.25, 0.3) is 0 Å². The predicted molar refractivity (Wildman–Crippen MR) is 83.9 cm³/mol. The molecule has 1 nitrogen and oxygen atoms in total. The van der Waals surface area contributed by atoms with Gasteiger partial charge in [0.1, 0.15) is 0 Å². The highest BCUT2D eigenvalue weighted by Crippen LogP contribution is 2.46. The number of aromatic nitrogens is 1. The van der Waals surface area contributed by atoms with E-state index in [1.807, 2.05) is 0 Å². The minimum atomic E-state index is 0.710. The maximum atomic E-state index is 4.97. The van der Waals surface area contributed by atoms with Crippen molar-refractivity contribution in [2.45, 2.75) is 25.7 Å². The molecule has 98 valence electrons. The molecular formula is C19H17N. The van der Waals surface area contributed by atoms with E-state index >= 15 is 0 Å². The number of hydrogen-bond donors (Lipinski definition) is 0. The fraction of sp³-hybridized carbons (Fsp3) is 0.211. The van der Waals surface area contributed by atoms with Crippen LogP contribution in [0.4, 0.5) is 0 Å². The molecule has 0 unspecified atom stereocenters. The second-order valence-electron chi connectivity index (χ2n) is 5.66. The van der Waals surface area contributed by atoms with Crippen LogP contribution in [0, 0.1) is 6.92 Å². The van der Waals surface area contributed by atoms with Crippen LogP contribution in [-0.4, -0.2) is 4.98 Å². The Labute approximate surface area is 119 Å². The van der Waals surface area contributed by atoms with Crippen LogP contribution in [-0.2, 0) is 0 Å². The van der Waals surface area contributed by atoms with Crippen molar-refractivity contribution in [2.75, 3.05) is 0 Å². The van der Waals surface area contributed by atoms with Gasteiger partial charge in [-0.2, -0.15) is 0 Å². The Balaban J connectivity index is 2.06. The van der Waals surface area contributed by atoms with Gasteiger partial charge in [-0.3, -0.25) is 0 Å². The first-order valence-electron chi connectivity index (χ1n) is 7.29. The van der Waals surface area contributed by atoms with Gasteiger partial charge in [0, 0.05) is 10.9 Å². The summed E-state index contributed by atoms with van der Waals surface area (Å²) >= 11 is 0. The number of rotatable bonds is 2. The summed E-state index contributed by atoms with van der Waals surface area (Å²) in [6.07, 6.45) is 2.61. The molecule has 0 saturated heterocycles. The summed E-state index contributed by atoms with van der Waals surface area (Å²) in [6.45, 7) is 2.25. The molecule has 0 N–H and O–H groups in total. The zero-order valence-corrected chi connectivity index (χ0v) is 11.6. The zero-order chi connectivity index (χ0) is 13.5. The molecule has 1 aromatic heterocycles. The number of fused-ring (bicyclic) bond motifs is 1. The van der Waals surface area contributed by atoms with E-state index in [1.165, 1.54) is 40.6 Å². The quantitative estimate of drug-likeness (QED) is 0.625. The molecule has 1 fully saturated rings. The molecule has 1 heteroatoms. The third-order valence-electron chi connectivity index (χ3n) is 4.23. The van der Waals surface area contributed by atoms with Crippen molar-refractivity contribution < 1.29 is 0 Å². The minimum absolute atomic E-state index is 0.710. The van der Waals surface area contributed by atoms with Gasteiger partial charge in [-0.1, -0.05) is 48.5 Å². The van der Waals surface area contributed by atoms with Gasteiger partial charge in [-0.15, -0.1) is 0 Å². The largest absolute Gasteiger partial charge is 0.247 e. The second kappa shape index (κ2) is 4.45. The molecule has 1 saturated carbocycles. The van der Waals surface area contributed by atoms with Gasteiger partial charge in [-0.25, -0.2) is 4.98 Å². The van der Waals surface area contributed by atoms with E-state index < -0.39 is 0 Å². The molecule has 0 spiro atoms. The summed E-state index contributed by atoms with van der Waals surface area (Å²) in [7, 11) is 0. The normalized spacial score (nSPS) is 14.7. The van der Waals surface area contributed by atoms with E-state index in [0.29, 0.717) is 5.92 Å². The highest BCUT2D eigenvalue weighted by Gasteiger charge is 2.29. The maximum Gasteiger partial charge on any atom is 0.0747 e. The topological polar surface area (TPSA) is 12.9 Å². The van der Waals surface area contributed by atoms with Gasteiger partial charge < -0.3 is 0 Å². The number of benzene rings is 2. The molecule has 20 heavy (non-hydrogen) atoms. The highest BCUT2D eigenvalue weighted by atomic mass is 14.7. The van der Waals surface area contributed by atoms with E-state index in [-0.39, 0.29) is 0 Å². The van der Waals surface area contributed by atoms with Crippen molar-refractivity contribution >= 4 is 10.9 Å².